The van der Waals surface area contributed by atoms with Crippen molar-refractivity contribution >= 4 is 52.0 Å². The van der Waals surface area contributed by atoms with Crippen molar-refractivity contribution in [1.82, 2.24) is 25.1 Å². The van der Waals surface area contributed by atoms with Gasteiger partial charge in [-0.05, 0) is 66.4 Å². The third kappa shape index (κ3) is 6.20. The highest BCUT2D eigenvalue weighted by atomic mass is 32.2. The summed E-state index contributed by atoms with van der Waals surface area (Å²) < 4.78 is 1.94. The van der Waals surface area contributed by atoms with Gasteiger partial charge in [0.25, 0.3) is 11.8 Å². The van der Waals surface area contributed by atoms with Gasteiger partial charge in [-0.3, -0.25) is 14.2 Å². The minimum absolute atomic E-state index is 0.106. The van der Waals surface area contributed by atoms with Crippen LogP contribution in [0.1, 0.15) is 55.1 Å². The summed E-state index contributed by atoms with van der Waals surface area (Å²) in [4.78, 5) is 28.2. The maximum absolute atomic E-state index is 13.8. The predicted octanol–water partition coefficient (Wildman–Crippen LogP) is 6.72. The number of rotatable bonds is 9. The second kappa shape index (κ2) is 12.7. The number of benzene rings is 2. The van der Waals surface area contributed by atoms with Crippen LogP contribution < -0.4 is 5.32 Å². The van der Waals surface area contributed by atoms with Crippen LogP contribution in [-0.2, 0) is 11.3 Å². The molecule has 0 spiro atoms. The molecule has 1 unspecified atom stereocenters. The average Bonchev–Trinajstić information content (AvgIpc) is 3.83. The SMILES string of the molecule is Cc1ccc(C2CC(c3cccs3)=NN2C(=O)CSc2nnc(CNC(=O)c3cccs3)n2-c2cccc(C)c2C)cc1. The van der Waals surface area contributed by atoms with Gasteiger partial charge in [-0.15, -0.1) is 32.9 Å². The minimum Gasteiger partial charge on any atom is -0.344 e. The molecule has 4 heterocycles. The van der Waals surface area contributed by atoms with Crippen LogP contribution in [-0.4, -0.2) is 43.1 Å². The Balaban J connectivity index is 1.26. The van der Waals surface area contributed by atoms with E-state index >= 15 is 0 Å². The molecule has 1 aliphatic heterocycles. The zero-order valence-electron chi connectivity index (χ0n) is 24.0. The van der Waals surface area contributed by atoms with Gasteiger partial charge in [-0.1, -0.05) is 65.9 Å². The highest BCUT2D eigenvalue weighted by molar-refractivity contribution is 7.99. The summed E-state index contributed by atoms with van der Waals surface area (Å²) in [6.45, 7) is 6.36. The highest BCUT2D eigenvalue weighted by Gasteiger charge is 2.33. The van der Waals surface area contributed by atoms with Crippen molar-refractivity contribution < 1.29 is 9.59 Å². The number of aromatic nitrogens is 3. The summed E-state index contributed by atoms with van der Waals surface area (Å²) in [5.74, 6) is 0.453. The number of thioether (sulfide) groups is 1. The summed E-state index contributed by atoms with van der Waals surface area (Å²) in [6.07, 6.45) is 0.659. The molecule has 0 saturated carbocycles. The Morgan fingerprint density at radius 1 is 0.953 bits per heavy atom. The number of nitrogens with one attached hydrogen (secondary N) is 1. The van der Waals surface area contributed by atoms with Crippen LogP contribution in [0, 0.1) is 20.8 Å². The summed E-state index contributed by atoms with van der Waals surface area (Å²) in [6, 6.07) is 21.9. The van der Waals surface area contributed by atoms with Gasteiger partial charge >= 0.3 is 0 Å². The average molecular weight is 627 g/mol. The standard InChI is InChI=1S/C32H30N6O2S3/c1-20-11-13-23(14-12-20)26-17-24(27-9-5-15-41-27)36-38(26)30(39)19-43-32-35-34-29(18-33-31(40)28-10-6-16-42-28)37(32)25-8-4-7-21(2)22(25)3/h4-16,26H,17-19H2,1-3H3,(H,33,40). The molecule has 2 aromatic carbocycles. The van der Waals surface area contributed by atoms with E-state index in [2.05, 4.69) is 66.6 Å². The number of amides is 2. The maximum atomic E-state index is 13.8. The van der Waals surface area contributed by atoms with Gasteiger partial charge in [-0.2, -0.15) is 5.10 Å². The number of carbonyl (C=O) groups is 2. The smallest absolute Gasteiger partial charge is 0.261 e. The molecule has 2 amide bonds. The van der Waals surface area contributed by atoms with Crippen molar-refractivity contribution in [3.05, 3.63) is 115 Å². The number of hydrazone groups is 1. The van der Waals surface area contributed by atoms with Gasteiger partial charge in [-0.25, -0.2) is 5.01 Å². The molecule has 3 aromatic heterocycles. The lowest BCUT2D eigenvalue weighted by Crippen LogP contribution is -2.28. The van der Waals surface area contributed by atoms with Gasteiger partial charge in [0.15, 0.2) is 11.0 Å². The number of hydrogen-bond donors (Lipinski definition) is 1. The molecule has 6 rings (SSSR count). The van der Waals surface area contributed by atoms with E-state index in [-0.39, 0.29) is 30.2 Å². The van der Waals surface area contributed by atoms with Crippen LogP contribution in [0.4, 0.5) is 0 Å². The topological polar surface area (TPSA) is 92.5 Å². The van der Waals surface area contributed by atoms with Crippen molar-refractivity contribution in [3.63, 3.8) is 0 Å². The van der Waals surface area contributed by atoms with Crippen LogP contribution in [0.3, 0.4) is 0 Å². The molecule has 5 aromatic rings. The zero-order chi connectivity index (χ0) is 29.9. The quantitative estimate of drug-likeness (QED) is 0.184. The number of carbonyl (C=O) groups excluding carboxylic acids is 2. The third-order valence-electron chi connectivity index (χ3n) is 7.43. The Morgan fingerprint density at radius 3 is 2.49 bits per heavy atom. The molecule has 0 radical (unpaired) electrons. The van der Waals surface area contributed by atoms with Gasteiger partial charge in [0, 0.05) is 6.42 Å². The highest BCUT2D eigenvalue weighted by Crippen LogP contribution is 2.35. The van der Waals surface area contributed by atoms with E-state index in [9.17, 15) is 9.59 Å². The second-order valence-electron chi connectivity index (χ2n) is 10.3. The lowest BCUT2D eigenvalue weighted by Gasteiger charge is -2.22. The fourth-order valence-corrected chi connectivity index (χ4v) is 7.13. The molecule has 0 bridgehead atoms. The first-order valence-electron chi connectivity index (χ1n) is 13.8. The molecule has 1 N–H and O–H groups in total. The molecular weight excluding hydrogens is 597 g/mol. The first-order chi connectivity index (χ1) is 20.9. The Kier molecular flexibility index (Phi) is 8.55. The minimum atomic E-state index is -0.175. The molecule has 1 aliphatic rings. The summed E-state index contributed by atoms with van der Waals surface area (Å²) >= 11 is 4.34. The van der Waals surface area contributed by atoms with E-state index in [1.54, 1.807) is 22.4 Å². The number of thiophene rings is 2. The number of hydrogen-bond acceptors (Lipinski definition) is 8. The Hall–Kier alpha value is -4.06. The molecular formula is C32H30N6O2S3. The summed E-state index contributed by atoms with van der Waals surface area (Å²) in [7, 11) is 0. The van der Waals surface area contributed by atoms with Gasteiger partial charge < -0.3 is 5.32 Å². The Morgan fingerprint density at radius 2 is 1.74 bits per heavy atom. The molecule has 0 fully saturated rings. The Bertz CT molecular complexity index is 1780. The maximum Gasteiger partial charge on any atom is 0.261 e. The largest absolute Gasteiger partial charge is 0.344 e. The van der Waals surface area contributed by atoms with E-state index in [0.29, 0.717) is 22.3 Å². The van der Waals surface area contributed by atoms with Crippen LogP contribution >= 0.6 is 34.4 Å². The molecule has 218 valence electrons. The molecule has 11 heteroatoms. The fraction of sp³-hybridized carbons (Fsp3) is 0.219. The van der Waals surface area contributed by atoms with E-state index in [1.807, 2.05) is 45.7 Å². The fourth-order valence-electron chi connectivity index (χ4n) is 4.95. The van der Waals surface area contributed by atoms with E-state index in [4.69, 9.17) is 5.10 Å². The van der Waals surface area contributed by atoms with E-state index in [0.717, 1.165) is 33.0 Å². The molecule has 1 atom stereocenters. The summed E-state index contributed by atoms with van der Waals surface area (Å²) in [5, 5.41) is 22.8. The lowest BCUT2D eigenvalue weighted by molar-refractivity contribution is -0.130. The lowest BCUT2D eigenvalue weighted by atomic mass is 10.00. The first kappa shape index (κ1) is 29.0. The number of aryl methyl sites for hydroxylation is 2. The molecule has 0 saturated heterocycles. The van der Waals surface area contributed by atoms with Crippen molar-refractivity contribution in [2.45, 2.75) is 44.9 Å². The predicted molar refractivity (Wildman–Crippen MR) is 173 cm³/mol. The van der Waals surface area contributed by atoms with Crippen LogP contribution in [0.15, 0.2) is 87.7 Å². The van der Waals surface area contributed by atoms with Gasteiger partial charge in [0.1, 0.15) is 0 Å². The van der Waals surface area contributed by atoms with Gasteiger partial charge in [0.2, 0.25) is 0 Å². The van der Waals surface area contributed by atoms with Crippen molar-refractivity contribution in [1.29, 1.82) is 0 Å². The second-order valence-corrected chi connectivity index (χ2v) is 13.1. The van der Waals surface area contributed by atoms with Crippen LogP contribution in [0.25, 0.3) is 5.69 Å². The first-order valence-corrected chi connectivity index (χ1v) is 16.6. The third-order valence-corrected chi connectivity index (χ3v) is 10.1. The van der Waals surface area contributed by atoms with E-state index < -0.39 is 0 Å². The van der Waals surface area contributed by atoms with Crippen molar-refractivity contribution in [2.24, 2.45) is 5.10 Å². The number of nitrogens with zero attached hydrogens (tertiary/aromatic N) is 5. The Labute approximate surface area is 262 Å². The van der Waals surface area contributed by atoms with Crippen LogP contribution in [0.5, 0.6) is 0 Å². The van der Waals surface area contributed by atoms with Gasteiger partial charge in [0.05, 0.1) is 39.5 Å². The molecule has 43 heavy (non-hydrogen) atoms. The summed E-state index contributed by atoms with van der Waals surface area (Å²) in [5.41, 5.74) is 6.26. The zero-order valence-corrected chi connectivity index (χ0v) is 26.4. The van der Waals surface area contributed by atoms with Crippen LogP contribution in [0.2, 0.25) is 0 Å². The molecule has 8 nitrogen and oxygen atoms in total. The normalized spacial score (nSPS) is 14.6. The monoisotopic (exact) mass is 626 g/mol. The molecule has 0 aliphatic carbocycles. The van der Waals surface area contributed by atoms with Crippen molar-refractivity contribution in [3.8, 4) is 5.69 Å². The van der Waals surface area contributed by atoms with E-state index in [1.165, 1.54) is 28.7 Å². The van der Waals surface area contributed by atoms with Crippen molar-refractivity contribution in [2.75, 3.05) is 5.75 Å².